The minimum Gasteiger partial charge on any atom is -0.497 e. The van der Waals surface area contributed by atoms with Crippen molar-refractivity contribution in [2.24, 2.45) is 11.7 Å². The third-order valence-corrected chi connectivity index (χ3v) is 4.42. The molecule has 1 fully saturated rings. The molecule has 118 valence electrons. The van der Waals surface area contributed by atoms with E-state index < -0.39 is 0 Å². The Labute approximate surface area is 128 Å². The summed E-state index contributed by atoms with van der Waals surface area (Å²) in [5, 5.41) is 0. The number of hydrogen-bond donors (Lipinski definition) is 1. The van der Waals surface area contributed by atoms with E-state index in [-0.39, 0.29) is 6.04 Å². The van der Waals surface area contributed by atoms with E-state index in [4.69, 9.17) is 15.2 Å². The van der Waals surface area contributed by atoms with Crippen LogP contribution in [-0.2, 0) is 4.74 Å². The molecule has 1 aromatic carbocycles. The Balaban J connectivity index is 1.99. The highest BCUT2D eigenvalue weighted by Crippen LogP contribution is 2.35. The van der Waals surface area contributed by atoms with Gasteiger partial charge in [0.05, 0.1) is 13.7 Å². The van der Waals surface area contributed by atoms with Crippen LogP contribution in [0.3, 0.4) is 0 Å². The van der Waals surface area contributed by atoms with Crippen LogP contribution in [0, 0.1) is 5.92 Å². The van der Waals surface area contributed by atoms with Crippen LogP contribution in [0.15, 0.2) is 24.3 Å². The average Bonchev–Trinajstić information content (AvgIpc) is 3.35. The molecular formula is C17H28N2O2. The number of methoxy groups -OCH3 is 2. The molecule has 0 aromatic heterocycles. The van der Waals surface area contributed by atoms with Crippen molar-refractivity contribution >= 4 is 0 Å². The van der Waals surface area contributed by atoms with E-state index >= 15 is 0 Å². The van der Waals surface area contributed by atoms with E-state index in [9.17, 15) is 0 Å². The van der Waals surface area contributed by atoms with Gasteiger partial charge >= 0.3 is 0 Å². The fourth-order valence-electron chi connectivity index (χ4n) is 2.78. The quantitative estimate of drug-likeness (QED) is 0.759. The van der Waals surface area contributed by atoms with Crippen molar-refractivity contribution < 1.29 is 9.47 Å². The second-order valence-electron chi connectivity index (χ2n) is 5.95. The fourth-order valence-corrected chi connectivity index (χ4v) is 2.78. The van der Waals surface area contributed by atoms with E-state index in [1.54, 1.807) is 14.2 Å². The highest BCUT2D eigenvalue weighted by Gasteiger charge is 2.32. The van der Waals surface area contributed by atoms with Gasteiger partial charge in [0.25, 0.3) is 0 Å². The first-order valence-electron chi connectivity index (χ1n) is 7.78. The SMILES string of the molecule is COCCN(CC(N)c1cccc(OC)c1)C(C)C1CC1. The van der Waals surface area contributed by atoms with Gasteiger partial charge in [0.1, 0.15) is 5.75 Å². The van der Waals surface area contributed by atoms with Crippen LogP contribution in [-0.4, -0.2) is 44.9 Å². The summed E-state index contributed by atoms with van der Waals surface area (Å²) >= 11 is 0. The van der Waals surface area contributed by atoms with Gasteiger partial charge in [-0.2, -0.15) is 0 Å². The molecule has 1 aromatic rings. The summed E-state index contributed by atoms with van der Waals surface area (Å²) < 4.78 is 10.5. The summed E-state index contributed by atoms with van der Waals surface area (Å²) in [6.45, 7) is 4.85. The van der Waals surface area contributed by atoms with Crippen LogP contribution < -0.4 is 10.5 Å². The van der Waals surface area contributed by atoms with Crippen LogP contribution >= 0.6 is 0 Å². The molecule has 0 radical (unpaired) electrons. The maximum Gasteiger partial charge on any atom is 0.119 e. The number of ether oxygens (including phenoxy) is 2. The number of nitrogens with two attached hydrogens (primary N) is 1. The van der Waals surface area contributed by atoms with Gasteiger partial charge in [0.2, 0.25) is 0 Å². The lowest BCUT2D eigenvalue weighted by Crippen LogP contribution is -2.41. The van der Waals surface area contributed by atoms with Gasteiger partial charge in [-0.05, 0) is 43.4 Å². The molecule has 21 heavy (non-hydrogen) atoms. The first kappa shape index (κ1) is 16.3. The van der Waals surface area contributed by atoms with Crippen molar-refractivity contribution in [2.75, 3.05) is 33.9 Å². The van der Waals surface area contributed by atoms with Crippen molar-refractivity contribution in [1.82, 2.24) is 4.90 Å². The lowest BCUT2D eigenvalue weighted by Gasteiger charge is -2.31. The standard InChI is InChI=1S/C17H28N2O2/c1-13(14-7-8-14)19(9-10-20-2)12-17(18)15-5-4-6-16(11-15)21-3/h4-6,11,13-14,17H,7-10,12,18H2,1-3H3. The third kappa shape index (κ3) is 4.70. The third-order valence-electron chi connectivity index (χ3n) is 4.42. The summed E-state index contributed by atoms with van der Waals surface area (Å²) in [4.78, 5) is 2.46. The van der Waals surface area contributed by atoms with Crippen molar-refractivity contribution in [3.05, 3.63) is 29.8 Å². The molecule has 0 aliphatic heterocycles. The monoisotopic (exact) mass is 292 g/mol. The number of benzene rings is 1. The van der Waals surface area contributed by atoms with Crippen LogP contribution in [0.5, 0.6) is 5.75 Å². The molecule has 4 heteroatoms. The van der Waals surface area contributed by atoms with Crippen molar-refractivity contribution in [1.29, 1.82) is 0 Å². The van der Waals surface area contributed by atoms with Gasteiger partial charge in [0, 0.05) is 32.3 Å². The molecule has 0 spiro atoms. The Hall–Kier alpha value is -1.10. The van der Waals surface area contributed by atoms with E-state index in [1.165, 1.54) is 12.8 Å². The molecule has 2 atom stereocenters. The Morgan fingerprint density at radius 1 is 1.33 bits per heavy atom. The highest BCUT2D eigenvalue weighted by molar-refractivity contribution is 5.30. The van der Waals surface area contributed by atoms with E-state index in [2.05, 4.69) is 17.9 Å². The van der Waals surface area contributed by atoms with Crippen LogP contribution in [0.25, 0.3) is 0 Å². The molecule has 4 nitrogen and oxygen atoms in total. The second-order valence-corrected chi connectivity index (χ2v) is 5.95. The van der Waals surface area contributed by atoms with E-state index in [0.717, 1.165) is 36.9 Å². The zero-order valence-corrected chi connectivity index (χ0v) is 13.4. The van der Waals surface area contributed by atoms with E-state index in [0.29, 0.717) is 6.04 Å². The van der Waals surface area contributed by atoms with Gasteiger partial charge < -0.3 is 15.2 Å². The van der Waals surface area contributed by atoms with Gasteiger partial charge in [-0.1, -0.05) is 12.1 Å². The maximum atomic E-state index is 6.41. The molecule has 0 heterocycles. The minimum absolute atomic E-state index is 0.00171. The van der Waals surface area contributed by atoms with Crippen LogP contribution in [0.1, 0.15) is 31.4 Å². The first-order chi connectivity index (χ1) is 10.2. The largest absolute Gasteiger partial charge is 0.497 e. The molecule has 2 unspecified atom stereocenters. The van der Waals surface area contributed by atoms with E-state index in [1.807, 2.05) is 18.2 Å². The average molecular weight is 292 g/mol. The van der Waals surface area contributed by atoms with Gasteiger partial charge in [-0.25, -0.2) is 0 Å². The van der Waals surface area contributed by atoms with Crippen LogP contribution in [0.2, 0.25) is 0 Å². The minimum atomic E-state index is -0.00171. The Bertz CT molecular complexity index is 435. The molecule has 2 rings (SSSR count). The van der Waals surface area contributed by atoms with Gasteiger partial charge in [-0.15, -0.1) is 0 Å². The van der Waals surface area contributed by atoms with Crippen LogP contribution in [0.4, 0.5) is 0 Å². The number of hydrogen-bond acceptors (Lipinski definition) is 4. The Morgan fingerprint density at radius 3 is 2.71 bits per heavy atom. The Kier molecular flexibility index (Phi) is 6.03. The summed E-state index contributed by atoms with van der Waals surface area (Å²) in [5.74, 6) is 1.70. The predicted octanol–water partition coefficient (Wildman–Crippen LogP) is 2.44. The molecule has 0 saturated heterocycles. The topological polar surface area (TPSA) is 47.7 Å². The summed E-state index contributed by atoms with van der Waals surface area (Å²) in [6.07, 6.45) is 2.69. The van der Waals surface area contributed by atoms with Gasteiger partial charge in [0.15, 0.2) is 0 Å². The summed E-state index contributed by atoms with van der Waals surface area (Å²) in [7, 11) is 3.44. The lowest BCUT2D eigenvalue weighted by atomic mass is 10.1. The molecule has 1 saturated carbocycles. The smallest absolute Gasteiger partial charge is 0.119 e. The first-order valence-corrected chi connectivity index (χ1v) is 7.78. The number of nitrogens with zero attached hydrogens (tertiary/aromatic N) is 1. The lowest BCUT2D eigenvalue weighted by molar-refractivity contribution is 0.112. The number of rotatable bonds is 9. The highest BCUT2D eigenvalue weighted by atomic mass is 16.5. The van der Waals surface area contributed by atoms with Crippen molar-refractivity contribution in [3.63, 3.8) is 0 Å². The molecule has 1 aliphatic rings. The normalized spacial score (nSPS) is 17.8. The molecule has 1 aliphatic carbocycles. The molecule has 0 amide bonds. The zero-order chi connectivity index (χ0) is 15.2. The molecular weight excluding hydrogens is 264 g/mol. The van der Waals surface area contributed by atoms with Gasteiger partial charge in [-0.3, -0.25) is 4.90 Å². The molecule has 0 bridgehead atoms. The maximum absolute atomic E-state index is 6.41. The zero-order valence-electron chi connectivity index (χ0n) is 13.4. The predicted molar refractivity (Wildman–Crippen MR) is 85.6 cm³/mol. The van der Waals surface area contributed by atoms with Crippen molar-refractivity contribution in [3.8, 4) is 5.75 Å². The summed E-state index contributed by atoms with van der Waals surface area (Å²) in [6, 6.07) is 8.63. The Morgan fingerprint density at radius 2 is 2.10 bits per heavy atom. The summed E-state index contributed by atoms with van der Waals surface area (Å²) in [5.41, 5.74) is 7.54. The fraction of sp³-hybridized carbons (Fsp3) is 0.647. The molecule has 2 N–H and O–H groups in total. The second kappa shape index (κ2) is 7.78. The van der Waals surface area contributed by atoms with Crippen molar-refractivity contribution in [2.45, 2.75) is 31.8 Å².